The molecule has 0 saturated heterocycles. The second kappa shape index (κ2) is 4.46. The lowest BCUT2D eigenvalue weighted by molar-refractivity contribution is 0.0992. The van der Waals surface area contributed by atoms with Gasteiger partial charge in [0, 0.05) is 36.8 Å². The van der Waals surface area contributed by atoms with E-state index in [2.05, 4.69) is 9.97 Å². The quantitative estimate of drug-likeness (QED) is 0.707. The van der Waals surface area contributed by atoms with Gasteiger partial charge < -0.3 is 0 Å². The van der Waals surface area contributed by atoms with Crippen molar-refractivity contribution in [3.8, 4) is 0 Å². The van der Waals surface area contributed by atoms with Crippen LogP contribution in [0.25, 0.3) is 0 Å². The van der Waals surface area contributed by atoms with Gasteiger partial charge in [0.15, 0.2) is 5.78 Å². The zero-order chi connectivity index (χ0) is 10.5. The van der Waals surface area contributed by atoms with Crippen molar-refractivity contribution in [3.63, 3.8) is 0 Å². The average Bonchev–Trinajstić information content (AvgIpc) is 2.31. The zero-order valence-corrected chi connectivity index (χ0v) is 8.13. The molecule has 3 heteroatoms. The van der Waals surface area contributed by atoms with E-state index in [0.717, 1.165) is 5.56 Å². The van der Waals surface area contributed by atoms with Gasteiger partial charge in [0.05, 0.1) is 0 Å². The molecular weight excluding hydrogens is 188 g/mol. The summed E-state index contributed by atoms with van der Waals surface area (Å²) in [4.78, 5) is 19.6. The number of carbonyl (C=O) groups excluding carboxylic acids is 1. The van der Waals surface area contributed by atoms with E-state index in [9.17, 15) is 4.79 Å². The molecule has 0 radical (unpaired) electrons. The first-order valence-corrected chi connectivity index (χ1v) is 4.68. The number of carbonyl (C=O) groups is 1. The van der Waals surface area contributed by atoms with Crippen LogP contribution in [0.15, 0.2) is 49.1 Å². The average molecular weight is 198 g/mol. The van der Waals surface area contributed by atoms with Crippen LogP contribution in [0.5, 0.6) is 0 Å². The molecule has 0 aliphatic rings. The molecule has 15 heavy (non-hydrogen) atoms. The fourth-order valence-corrected chi connectivity index (χ4v) is 1.32. The Kier molecular flexibility index (Phi) is 2.83. The topological polar surface area (TPSA) is 42.9 Å². The molecule has 2 aromatic rings. The third-order valence-electron chi connectivity index (χ3n) is 2.07. The Morgan fingerprint density at radius 1 is 1.07 bits per heavy atom. The third kappa shape index (κ3) is 2.47. The van der Waals surface area contributed by atoms with Crippen molar-refractivity contribution in [2.24, 2.45) is 0 Å². The monoisotopic (exact) mass is 198 g/mol. The Bertz CT molecular complexity index is 440. The minimum absolute atomic E-state index is 0.0658. The molecule has 2 rings (SSSR count). The van der Waals surface area contributed by atoms with Gasteiger partial charge in [-0.1, -0.05) is 6.07 Å². The maximum Gasteiger partial charge on any atom is 0.168 e. The summed E-state index contributed by atoms with van der Waals surface area (Å²) < 4.78 is 0. The molecule has 0 bridgehead atoms. The first-order valence-electron chi connectivity index (χ1n) is 4.68. The van der Waals surface area contributed by atoms with Crippen LogP contribution in [0, 0.1) is 0 Å². The highest BCUT2D eigenvalue weighted by Gasteiger charge is 2.06. The zero-order valence-electron chi connectivity index (χ0n) is 8.13. The predicted molar refractivity (Wildman–Crippen MR) is 56.5 cm³/mol. The summed E-state index contributed by atoms with van der Waals surface area (Å²) in [5.74, 6) is 0.0658. The standard InChI is InChI=1S/C12H10N2O/c15-12(11-4-2-6-14-9-11)7-10-3-1-5-13-8-10/h1-6,8-9H,7H2. The number of pyridine rings is 2. The Hall–Kier alpha value is -2.03. The lowest BCUT2D eigenvalue weighted by atomic mass is 10.1. The second-order valence-electron chi connectivity index (χ2n) is 3.20. The molecule has 3 nitrogen and oxygen atoms in total. The lowest BCUT2D eigenvalue weighted by Gasteiger charge is -1.99. The van der Waals surface area contributed by atoms with Gasteiger partial charge in [0.2, 0.25) is 0 Å². The van der Waals surface area contributed by atoms with Crippen LogP contribution >= 0.6 is 0 Å². The van der Waals surface area contributed by atoms with Gasteiger partial charge in [-0.2, -0.15) is 0 Å². The largest absolute Gasteiger partial charge is 0.294 e. The molecule has 74 valence electrons. The molecule has 2 heterocycles. The van der Waals surface area contributed by atoms with Gasteiger partial charge >= 0.3 is 0 Å². The van der Waals surface area contributed by atoms with Crippen LogP contribution < -0.4 is 0 Å². The minimum atomic E-state index is 0.0658. The molecule has 0 spiro atoms. The molecule has 0 aliphatic carbocycles. The van der Waals surface area contributed by atoms with Crippen molar-refractivity contribution in [2.75, 3.05) is 0 Å². The van der Waals surface area contributed by atoms with Crippen molar-refractivity contribution in [2.45, 2.75) is 6.42 Å². The molecular formula is C12H10N2O. The smallest absolute Gasteiger partial charge is 0.168 e. The Balaban J connectivity index is 2.12. The van der Waals surface area contributed by atoms with Crippen LogP contribution in [-0.2, 0) is 6.42 Å². The van der Waals surface area contributed by atoms with Crippen LogP contribution in [0.2, 0.25) is 0 Å². The fourth-order valence-electron chi connectivity index (χ4n) is 1.32. The number of hydrogen-bond acceptors (Lipinski definition) is 3. The maximum atomic E-state index is 11.7. The lowest BCUT2D eigenvalue weighted by Crippen LogP contribution is -2.03. The first-order chi connectivity index (χ1) is 7.36. The normalized spacial score (nSPS) is 9.87. The summed E-state index contributed by atoms with van der Waals surface area (Å²) >= 11 is 0. The number of Topliss-reactive ketones (excluding diaryl/α,β-unsaturated/α-hetero) is 1. The van der Waals surface area contributed by atoms with E-state index in [4.69, 9.17) is 0 Å². The highest BCUT2D eigenvalue weighted by Crippen LogP contribution is 2.04. The molecule has 0 amide bonds. The summed E-state index contributed by atoms with van der Waals surface area (Å²) in [5.41, 5.74) is 1.56. The van der Waals surface area contributed by atoms with E-state index in [1.54, 1.807) is 36.9 Å². The molecule has 0 aliphatic heterocycles. The number of aromatic nitrogens is 2. The van der Waals surface area contributed by atoms with Gasteiger partial charge in [-0.05, 0) is 23.8 Å². The number of ketones is 1. The van der Waals surface area contributed by atoms with Crippen LogP contribution in [0.1, 0.15) is 15.9 Å². The molecule has 0 atom stereocenters. The summed E-state index contributed by atoms with van der Waals surface area (Å²) in [6.07, 6.45) is 7.01. The summed E-state index contributed by atoms with van der Waals surface area (Å²) in [5, 5.41) is 0. The SMILES string of the molecule is O=C(Cc1cccnc1)c1cccnc1. The van der Waals surface area contributed by atoms with Gasteiger partial charge in [0.1, 0.15) is 0 Å². The molecule has 0 saturated carbocycles. The Morgan fingerprint density at radius 3 is 2.40 bits per heavy atom. The molecule has 0 fully saturated rings. The van der Waals surface area contributed by atoms with Gasteiger partial charge in [-0.3, -0.25) is 14.8 Å². The van der Waals surface area contributed by atoms with Gasteiger partial charge in [-0.25, -0.2) is 0 Å². The Labute approximate surface area is 87.8 Å². The van der Waals surface area contributed by atoms with Crippen LogP contribution in [0.4, 0.5) is 0 Å². The highest BCUT2D eigenvalue weighted by atomic mass is 16.1. The van der Waals surface area contributed by atoms with Crippen molar-refractivity contribution >= 4 is 5.78 Å². The molecule has 0 unspecified atom stereocenters. The van der Waals surface area contributed by atoms with E-state index in [-0.39, 0.29) is 5.78 Å². The van der Waals surface area contributed by atoms with E-state index < -0.39 is 0 Å². The van der Waals surface area contributed by atoms with E-state index in [0.29, 0.717) is 12.0 Å². The number of hydrogen-bond donors (Lipinski definition) is 0. The van der Waals surface area contributed by atoms with Crippen molar-refractivity contribution in [1.29, 1.82) is 0 Å². The maximum absolute atomic E-state index is 11.7. The number of rotatable bonds is 3. The predicted octanol–water partition coefficient (Wildman–Crippen LogP) is 1.90. The van der Waals surface area contributed by atoms with Gasteiger partial charge in [0.25, 0.3) is 0 Å². The number of nitrogens with zero attached hydrogens (tertiary/aromatic N) is 2. The molecule has 2 aromatic heterocycles. The molecule has 0 N–H and O–H groups in total. The van der Waals surface area contributed by atoms with Crippen molar-refractivity contribution in [3.05, 3.63) is 60.2 Å². The van der Waals surface area contributed by atoms with Gasteiger partial charge in [-0.15, -0.1) is 0 Å². The van der Waals surface area contributed by atoms with Crippen molar-refractivity contribution in [1.82, 2.24) is 9.97 Å². The Morgan fingerprint density at radius 2 is 1.80 bits per heavy atom. The summed E-state index contributed by atoms with van der Waals surface area (Å²) in [6, 6.07) is 7.25. The van der Waals surface area contributed by atoms with Crippen LogP contribution in [-0.4, -0.2) is 15.8 Å². The van der Waals surface area contributed by atoms with E-state index >= 15 is 0 Å². The first kappa shape index (κ1) is 9.52. The van der Waals surface area contributed by atoms with E-state index in [1.165, 1.54) is 0 Å². The van der Waals surface area contributed by atoms with Crippen LogP contribution in [0.3, 0.4) is 0 Å². The second-order valence-corrected chi connectivity index (χ2v) is 3.20. The third-order valence-corrected chi connectivity index (χ3v) is 2.07. The molecule has 0 aromatic carbocycles. The summed E-state index contributed by atoms with van der Waals surface area (Å²) in [7, 11) is 0. The minimum Gasteiger partial charge on any atom is -0.294 e. The van der Waals surface area contributed by atoms with E-state index in [1.807, 2.05) is 12.1 Å². The highest BCUT2D eigenvalue weighted by molar-refractivity contribution is 5.97. The fraction of sp³-hybridized carbons (Fsp3) is 0.0833. The van der Waals surface area contributed by atoms with Crippen molar-refractivity contribution < 1.29 is 4.79 Å². The summed E-state index contributed by atoms with van der Waals surface area (Å²) in [6.45, 7) is 0.